The predicted octanol–water partition coefficient (Wildman–Crippen LogP) is 1.26. The molecule has 0 radical (unpaired) electrons. The molecule has 0 aromatic rings. The topological polar surface area (TPSA) is 166 Å². The van der Waals surface area contributed by atoms with Crippen molar-refractivity contribution in [2.75, 3.05) is 0 Å². The lowest BCUT2D eigenvalue weighted by Gasteiger charge is -2.18. The van der Waals surface area contributed by atoms with Crippen molar-refractivity contribution >= 4 is 29.5 Å². The molecule has 0 aromatic heterocycles. The van der Waals surface area contributed by atoms with E-state index >= 15 is 0 Å². The third-order valence-electron chi connectivity index (χ3n) is 3.13. The number of hydrogen-bond acceptors (Lipinski definition) is 6. The van der Waals surface area contributed by atoms with Crippen LogP contribution in [0.4, 0.5) is 0 Å². The summed E-state index contributed by atoms with van der Waals surface area (Å²) in [5, 5.41) is 33.8. The van der Waals surface area contributed by atoms with Crippen molar-refractivity contribution in [3.8, 4) is 0 Å². The maximum absolute atomic E-state index is 11.1. The van der Waals surface area contributed by atoms with Gasteiger partial charge in [-0.2, -0.15) is 0 Å². The van der Waals surface area contributed by atoms with Gasteiger partial charge in [0.15, 0.2) is 5.60 Å². The van der Waals surface area contributed by atoms with E-state index in [4.69, 9.17) is 20.4 Å². The van der Waals surface area contributed by atoms with Crippen LogP contribution in [0.1, 0.15) is 65.2 Å². The number of carbonyl (C=O) groups is 5. The number of Topliss-reactive ketones (excluding diaryl/α,β-unsaturated/α-hetero) is 2. The maximum Gasteiger partial charge on any atom is 0.336 e. The van der Waals surface area contributed by atoms with Crippen LogP contribution in [0.5, 0.6) is 0 Å². The Morgan fingerprint density at radius 3 is 1.60 bits per heavy atom. The fourth-order valence-corrected chi connectivity index (χ4v) is 1.72. The van der Waals surface area contributed by atoms with Gasteiger partial charge in [0.05, 0.1) is 19.3 Å². The van der Waals surface area contributed by atoms with Gasteiger partial charge in [-0.3, -0.25) is 19.2 Å². The van der Waals surface area contributed by atoms with E-state index in [2.05, 4.69) is 6.92 Å². The Morgan fingerprint density at radius 1 is 0.800 bits per heavy atom. The molecular weight excluding hydrogens is 336 g/mol. The highest BCUT2D eigenvalue weighted by Gasteiger charge is 2.40. The van der Waals surface area contributed by atoms with Gasteiger partial charge in [-0.15, -0.1) is 0 Å². The predicted molar refractivity (Wildman–Crippen MR) is 86.2 cm³/mol. The van der Waals surface area contributed by atoms with Gasteiger partial charge in [-0.25, -0.2) is 4.79 Å². The number of hydrogen-bond donors (Lipinski definition) is 4. The molecular formula is C16H26O9. The minimum atomic E-state index is -2.74. The summed E-state index contributed by atoms with van der Waals surface area (Å²) >= 11 is 0. The third kappa shape index (κ3) is 13.8. The van der Waals surface area contributed by atoms with Gasteiger partial charge in [0.2, 0.25) is 0 Å². The molecule has 0 bridgehead atoms. The second-order valence-corrected chi connectivity index (χ2v) is 5.54. The normalized spacial score (nSPS) is 10.4. The number of unbranched alkanes of at least 4 members (excludes halogenated alkanes) is 2. The molecule has 0 heterocycles. The lowest BCUT2D eigenvalue weighted by Crippen LogP contribution is -2.42. The quantitative estimate of drug-likeness (QED) is 0.295. The molecule has 0 saturated carbocycles. The number of carboxylic acids is 3. The summed E-state index contributed by atoms with van der Waals surface area (Å²) in [5.74, 6) is -4.85. The van der Waals surface area contributed by atoms with Crippen LogP contribution in [0.15, 0.2) is 0 Å². The molecule has 9 heteroatoms. The van der Waals surface area contributed by atoms with E-state index in [0.29, 0.717) is 12.8 Å². The zero-order valence-corrected chi connectivity index (χ0v) is 14.5. The summed E-state index contributed by atoms with van der Waals surface area (Å²) in [6, 6.07) is 0. The van der Waals surface area contributed by atoms with Gasteiger partial charge in [-0.05, 0) is 6.42 Å². The molecule has 0 aliphatic carbocycles. The van der Waals surface area contributed by atoms with Crippen LogP contribution < -0.4 is 0 Å². The second kappa shape index (κ2) is 13.1. The van der Waals surface area contributed by atoms with Gasteiger partial charge in [-0.1, -0.05) is 26.7 Å². The van der Waals surface area contributed by atoms with Gasteiger partial charge in [0.1, 0.15) is 11.6 Å². The van der Waals surface area contributed by atoms with E-state index in [-0.39, 0.29) is 18.0 Å². The van der Waals surface area contributed by atoms with E-state index in [0.717, 1.165) is 19.3 Å². The minimum Gasteiger partial charge on any atom is -0.481 e. The Labute approximate surface area is 145 Å². The molecule has 0 aliphatic heterocycles. The number of aliphatic carboxylic acids is 3. The molecule has 9 nitrogen and oxygen atoms in total. The SMILES string of the molecule is CCCCCC(=O)CC(=O)CC.O=C(O)CC(O)(CC(=O)O)C(=O)O. The zero-order chi connectivity index (χ0) is 20.0. The monoisotopic (exact) mass is 362 g/mol. The van der Waals surface area contributed by atoms with Gasteiger partial charge < -0.3 is 20.4 Å². The van der Waals surface area contributed by atoms with Crippen molar-refractivity contribution in [3.05, 3.63) is 0 Å². The third-order valence-corrected chi connectivity index (χ3v) is 3.13. The summed E-state index contributed by atoms with van der Waals surface area (Å²) in [6.45, 7) is 3.89. The Morgan fingerprint density at radius 2 is 1.28 bits per heavy atom. The van der Waals surface area contributed by atoms with E-state index in [1.165, 1.54) is 0 Å². The molecule has 144 valence electrons. The number of aliphatic hydroxyl groups is 1. The first-order valence-electron chi connectivity index (χ1n) is 7.91. The lowest BCUT2D eigenvalue weighted by atomic mass is 9.96. The molecule has 0 saturated heterocycles. The minimum absolute atomic E-state index is 0.0662. The van der Waals surface area contributed by atoms with Crippen molar-refractivity contribution in [2.24, 2.45) is 0 Å². The van der Waals surface area contributed by atoms with E-state index in [1.54, 1.807) is 6.92 Å². The standard InChI is InChI=1S/C10H18O2.C6H8O7/c1-3-5-6-7-10(12)8-9(11)4-2;7-3(8)1-6(13,5(11)12)2-4(9)10/h3-8H2,1-2H3;13H,1-2H2,(H,7,8)(H,9,10)(H,11,12). The van der Waals surface area contributed by atoms with Crippen molar-refractivity contribution in [2.45, 2.75) is 70.8 Å². The van der Waals surface area contributed by atoms with E-state index in [9.17, 15) is 24.0 Å². The van der Waals surface area contributed by atoms with Crippen LogP contribution in [0.2, 0.25) is 0 Å². The summed E-state index contributed by atoms with van der Waals surface area (Å²) in [4.78, 5) is 52.4. The van der Waals surface area contributed by atoms with Crippen LogP contribution in [0, 0.1) is 0 Å². The van der Waals surface area contributed by atoms with Crippen LogP contribution >= 0.6 is 0 Å². The highest BCUT2D eigenvalue weighted by molar-refractivity contribution is 5.98. The molecule has 0 atom stereocenters. The average Bonchev–Trinajstić information content (AvgIpc) is 2.46. The Kier molecular flexibility index (Phi) is 13.0. The first-order valence-corrected chi connectivity index (χ1v) is 7.91. The molecule has 0 aromatic carbocycles. The Bertz CT molecular complexity index is 466. The van der Waals surface area contributed by atoms with Crippen LogP contribution in [0.25, 0.3) is 0 Å². The van der Waals surface area contributed by atoms with Crippen molar-refractivity contribution < 1.29 is 44.4 Å². The largest absolute Gasteiger partial charge is 0.481 e. The van der Waals surface area contributed by atoms with Crippen LogP contribution in [0.3, 0.4) is 0 Å². The molecule has 4 N–H and O–H groups in total. The Hall–Kier alpha value is -2.29. The van der Waals surface area contributed by atoms with Gasteiger partial charge >= 0.3 is 17.9 Å². The summed E-state index contributed by atoms with van der Waals surface area (Å²) in [5.41, 5.74) is -2.74. The molecule has 0 fully saturated rings. The summed E-state index contributed by atoms with van der Waals surface area (Å²) in [7, 11) is 0. The molecule has 0 amide bonds. The Balaban J connectivity index is 0. The van der Waals surface area contributed by atoms with Crippen molar-refractivity contribution in [1.82, 2.24) is 0 Å². The molecule has 25 heavy (non-hydrogen) atoms. The van der Waals surface area contributed by atoms with E-state index in [1.807, 2.05) is 0 Å². The molecule has 0 rings (SSSR count). The molecule has 0 spiro atoms. The van der Waals surface area contributed by atoms with Crippen molar-refractivity contribution in [1.29, 1.82) is 0 Å². The smallest absolute Gasteiger partial charge is 0.336 e. The first-order chi connectivity index (χ1) is 11.5. The number of carboxylic acid groups (broad SMARTS) is 3. The van der Waals surface area contributed by atoms with E-state index < -0.39 is 36.4 Å². The highest BCUT2D eigenvalue weighted by atomic mass is 16.4. The van der Waals surface area contributed by atoms with Crippen LogP contribution in [-0.2, 0) is 24.0 Å². The summed E-state index contributed by atoms with van der Waals surface area (Å²) < 4.78 is 0. The van der Waals surface area contributed by atoms with Gasteiger partial charge in [0, 0.05) is 12.8 Å². The number of rotatable bonds is 12. The van der Waals surface area contributed by atoms with Crippen molar-refractivity contribution in [3.63, 3.8) is 0 Å². The molecule has 0 aliphatic rings. The molecule has 0 unspecified atom stereocenters. The zero-order valence-electron chi connectivity index (χ0n) is 14.5. The summed E-state index contributed by atoms with van der Waals surface area (Å²) in [6.07, 6.45) is 2.08. The fraction of sp³-hybridized carbons (Fsp3) is 0.688. The average molecular weight is 362 g/mol. The number of carbonyl (C=O) groups excluding carboxylic acids is 2. The number of ketones is 2. The highest BCUT2D eigenvalue weighted by Crippen LogP contribution is 2.15. The second-order valence-electron chi connectivity index (χ2n) is 5.54. The fourth-order valence-electron chi connectivity index (χ4n) is 1.72. The first kappa shape index (κ1) is 25.0. The lowest BCUT2D eigenvalue weighted by molar-refractivity contribution is -0.170. The maximum atomic E-state index is 11.1. The van der Waals surface area contributed by atoms with Gasteiger partial charge in [0.25, 0.3) is 0 Å². The van der Waals surface area contributed by atoms with Crippen LogP contribution in [-0.4, -0.2) is 55.5 Å².